The van der Waals surface area contributed by atoms with E-state index >= 15 is 0 Å². The van der Waals surface area contributed by atoms with Crippen LogP contribution >= 0.6 is 0 Å². The van der Waals surface area contributed by atoms with Gasteiger partial charge in [0.25, 0.3) is 0 Å². The lowest BCUT2D eigenvalue weighted by molar-refractivity contribution is -0.127. The number of ether oxygens (including phenoxy) is 3. The van der Waals surface area contributed by atoms with Crippen molar-refractivity contribution in [2.75, 3.05) is 13.7 Å². The molecule has 0 amide bonds. The molecule has 0 radical (unpaired) electrons. The summed E-state index contributed by atoms with van der Waals surface area (Å²) in [7, 11) is 1.61. The van der Waals surface area contributed by atoms with Gasteiger partial charge in [-0.1, -0.05) is 0 Å². The lowest BCUT2D eigenvalue weighted by Gasteiger charge is -2.31. The molecule has 0 aliphatic rings. The van der Waals surface area contributed by atoms with Gasteiger partial charge in [-0.2, -0.15) is 0 Å². The number of hydrogen-bond donors (Lipinski definition) is 1. The first-order valence-corrected chi connectivity index (χ1v) is 5.94. The van der Waals surface area contributed by atoms with E-state index in [1.54, 1.807) is 7.11 Å². The van der Waals surface area contributed by atoms with Crippen molar-refractivity contribution in [3.05, 3.63) is 0 Å². The first kappa shape index (κ1) is 16.6. The summed E-state index contributed by atoms with van der Waals surface area (Å²) >= 11 is 0. The fourth-order valence-electron chi connectivity index (χ4n) is 1.25. The largest absolute Gasteiger partial charge is 0.376 e. The third kappa shape index (κ3) is 8.30. The average molecular weight is 245 g/mol. The third-order valence-electron chi connectivity index (χ3n) is 2.00. The molecule has 1 unspecified atom stereocenters. The van der Waals surface area contributed by atoms with Crippen LogP contribution in [-0.2, 0) is 14.2 Å². The number of hydrogen-bond acceptors (Lipinski definition) is 4. The summed E-state index contributed by atoms with van der Waals surface area (Å²) in [6, 6.07) is 0. The van der Waals surface area contributed by atoms with E-state index in [1.165, 1.54) is 6.21 Å². The van der Waals surface area contributed by atoms with Crippen molar-refractivity contribution in [3.63, 3.8) is 0 Å². The van der Waals surface area contributed by atoms with Gasteiger partial charge in [-0.15, -0.1) is 0 Å². The molecule has 4 nitrogen and oxygen atoms in total. The smallest absolute Gasteiger partial charge is 0.121 e. The summed E-state index contributed by atoms with van der Waals surface area (Å²) in [5, 5.41) is 7.42. The highest BCUT2D eigenvalue weighted by atomic mass is 16.6. The normalized spacial score (nSPS) is 16.6. The van der Waals surface area contributed by atoms with Gasteiger partial charge >= 0.3 is 0 Å². The molecule has 0 aromatic heterocycles. The first-order chi connectivity index (χ1) is 7.59. The zero-order valence-corrected chi connectivity index (χ0v) is 12.2. The molecule has 0 aromatic rings. The van der Waals surface area contributed by atoms with Crippen LogP contribution in [0.5, 0.6) is 0 Å². The molecule has 102 valence electrons. The summed E-state index contributed by atoms with van der Waals surface area (Å²) in [6.45, 7) is 12.3. The van der Waals surface area contributed by atoms with Crippen molar-refractivity contribution in [1.29, 1.82) is 5.41 Å². The molecule has 0 spiro atoms. The highest BCUT2D eigenvalue weighted by Gasteiger charge is 2.27. The molecular weight excluding hydrogens is 218 g/mol. The van der Waals surface area contributed by atoms with E-state index in [9.17, 15) is 0 Å². The highest BCUT2D eigenvalue weighted by Crippen LogP contribution is 2.16. The van der Waals surface area contributed by atoms with Gasteiger partial charge in [0, 0.05) is 13.3 Å². The van der Waals surface area contributed by atoms with Crippen molar-refractivity contribution in [3.8, 4) is 0 Å². The summed E-state index contributed by atoms with van der Waals surface area (Å²) < 4.78 is 16.8. The topological polar surface area (TPSA) is 51.5 Å². The van der Waals surface area contributed by atoms with Crippen LogP contribution < -0.4 is 0 Å². The van der Waals surface area contributed by atoms with Crippen LogP contribution in [0.3, 0.4) is 0 Å². The van der Waals surface area contributed by atoms with Gasteiger partial charge < -0.3 is 19.6 Å². The average Bonchev–Trinajstić information content (AvgIpc) is 2.13. The molecule has 0 aliphatic heterocycles. The van der Waals surface area contributed by atoms with E-state index in [0.717, 1.165) is 0 Å². The fourth-order valence-corrected chi connectivity index (χ4v) is 1.25. The number of nitrogens with one attached hydrogen (secondary N) is 1. The second-order valence-electron chi connectivity index (χ2n) is 6.06. The molecular formula is C13H27NO3. The highest BCUT2D eigenvalue weighted by molar-refractivity contribution is 5.60. The van der Waals surface area contributed by atoms with Gasteiger partial charge in [0.15, 0.2) is 0 Å². The lowest BCUT2D eigenvalue weighted by Crippen LogP contribution is -2.42. The Labute approximate surface area is 105 Å². The van der Waals surface area contributed by atoms with Crippen LogP contribution in [-0.4, -0.2) is 43.3 Å². The van der Waals surface area contributed by atoms with Crippen molar-refractivity contribution in [2.45, 2.75) is 65.0 Å². The minimum absolute atomic E-state index is 0.217. The van der Waals surface area contributed by atoms with E-state index in [-0.39, 0.29) is 23.4 Å². The first-order valence-electron chi connectivity index (χ1n) is 5.94. The SMILES string of the molecule is CO[C@H](COC(C)(C)C)C(C=N)OC(C)(C)C. The maximum absolute atomic E-state index is 7.42. The van der Waals surface area contributed by atoms with Crippen molar-refractivity contribution in [1.82, 2.24) is 0 Å². The molecule has 1 N–H and O–H groups in total. The maximum atomic E-state index is 7.42. The van der Waals surface area contributed by atoms with Crippen molar-refractivity contribution in [2.24, 2.45) is 0 Å². The maximum Gasteiger partial charge on any atom is 0.121 e. The second kappa shape index (κ2) is 6.47. The number of rotatable bonds is 6. The van der Waals surface area contributed by atoms with Gasteiger partial charge in [0.1, 0.15) is 12.2 Å². The van der Waals surface area contributed by atoms with Crippen molar-refractivity contribution < 1.29 is 14.2 Å². The molecule has 0 rings (SSSR count). The molecule has 17 heavy (non-hydrogen) atoms. The Balaban J connectivity index is 4.44. The van der Waals surface area contributed by atoms with Crippen LogP contribution in [0.25, 0.3) is 0 Å². The Morgan fingerprint density at radius 3 is 1.88 bits per heavy atom. The van der Waals surface area contributed by atoms with Crippen molar-refractivity contribution >= 4 is 6.21 Å². The van der Waals surface area contributed by atoms with E-state index < -0.39 is 0 Å². The van der Waals surface area contributed by atoms with Gasteiger partial charge in [-0.25, -0.2) is 0 Å². The molecule has 2 atom stereocenters. The molecule has 0 bridgehead atoms. The predicted octanol–water partition coefficient (Wildman–Crippen LogP) is 2.65. The molecule has 4 heteroatoms. The molecule has 0 aliphatic carbocycles. The monoisotopic (exact) mass is 245 g/mol. The summed E-state index contributed by atoms with van der Waals surface area (Å²) in [4.78, 5) is 0. The zero-order chi connectivity index (χ0) is 13.7. The summed E-state index contributed by atoms with van der Waals surface area (Å²) in [5.41, 5.74) is -0.522. The van der Waals surface area contributed by atoms with Crippen LogP contribution in [0, 0.1) is 5.41 Å². The van der Waals surface area contributed by atoms with Gasteiger partial charge in [0.05, 0.1) is 17.8 Å². The van der Waals surface area contributed by atoms with E-state index in [1.807, 2.05) is 41.5 Å². The molecule has 0 aromatic carbocycles. The number of methoxy groups -OCH3 is 1. The Morgan fingerprint density at radius 2 is 1.59 bits per heavy atom. The van der Waals surface area contributed by atoms with Crippen LogP contribution in [0.1, 0.15) is 41.5 Å². The molecule has 0 fully saturated rings. The minimum atomic E-state index is -0.387. The quantitative estimate of drug-likeness (QED) is 0.732. The van der Waals surface area contributed by atoms with E-state index in [0.29, 0.717) is 6.61 Å². The fraction of sp³-hybridized carbons (Fsp3) is 0.923. The molecule has 0 saturated carbocycles. The van der Waals surface area contributed by atoms with Crippen LogP contribution in [0.2, 0.25) is 0 Å². The summed E-state index contributed by atoms with van der Waals surface area (Å²) in [6.07, 6.45) is 0.624. The Bertz CT molecular complexity index is 228. The molecule has 0 saturated heterocycles. The predicted molar refractivity (Wildman–Crippen MR) is 69.9 cm³/mol. The summed E-state index contributed by atoms with van der Waals surface area (Å²) in [5.74, 6) is 0. The van der Waals surface area contributed by atoms with Crippen LogP contribution in [0.4, 0.5) is 0 Å². The standard InChI is InChI=1S/C13H27NO3/c1-12(2,3)16-9-11(15-7)10(8-14)17-13(4,5)6/h8,10-11,14H,9H2,1-7H3/t10?,11-/m1/s1. The zero-order valence-electron chi connectivity index (χ0n) is 12.2. The van der Waals surface area contributed by atoms with E-state index in [2.05, 4.69) is 0 Å². The Kier molecular flexibility index (Phi) is 6.30. The van der Waals surface area contributed by atoms with Gasteiger partial charge in [-0.3, -0.25) is 0 Å². The van der Waals surface area contributed by atoms with Gasteiger partial charge in [0.2, 0.25) is 0 Å². The third-order valence-corrected chi connectivity index (χ3v) is 2.00. The Hall–Kier alpha value is -0.450. The van der Waals surface area contributed by atoms with Gasteiger partial charge in [-0.05, 0) is 41.5 Å². The minimum Gasteiger partial charge on any atom is -0.376 e. The second-order valence-corrected chi connectivity index (χ2v) is 6.06. The Morgan fingerprint density at radius 1 is 1.06 bits per heavy atom. The van der Waals surface area contributed by atoms with Crippen LogP contribution in [0.15, 0.2) is 0 Å². The molecule has 0 heterocycles. The lowest BCUT2D eigenvalue weighted by atomic mass is 10.1. The van der Waals surface area contributed by atoms with E-state index in [4.69, 9.17) is 19.6 Å².